The minimum atomic E-state index is -1.40. The van der Waals surface area contributed by atoms with Gasteiger partial charge in [-0.25, -0.2) is 18.4 Å². The number of rotatable bonds is 8. The van der Waals surface area contributed by atoms with Crippen LogP contribution in [0.3, 0.4) is 0 Å². The number of carbonyl (C=O) groups is 3. The Hall–Kier alpha value is -2.94. The van der Waals surface area contributed by atoms with Crippen molar-refractivity contribution in [3.05, 3.63) is 53.6 Å². The van der Waals surface area contributed by atoms with Crippen molar-refractivity contribution in [1.82, 2.24) is 5.32 Å². The molecule has 2 rings (SSSR count). The molecule has 9 heteroatoms. The third kappa shape index (κ3) is 6.56. The average molecular weight is 425 g/mol. The molecular weight excluding hydrogens is 404 g/mol. The number of thioether (sulfide) groups is 1. The Labute approximate surface area is 171 Å². The quantitative estimate of drug-likeness (QED) is 0.380. The van der Waals surface area contributed by atoms with Gasteiger partial charge in [-0.3, -0.25) is 4.79 Å². The van der Waals surface area contributed by atoms with Crippen LogP contribution in [0.1, 0.15) is 24.2 Å². The molecule has 1 atom stereocenters. The van der Waals surface area contributed by atoms with Crippen LogP contribution in [-0.4, -0.2) is 41.5 Å². The molecule has 0 radical (unpaired) electrons. The van der Waals surface area contributed by atoms with Gasteiger partial charge in [-0.05, 0) is 36.1 Å². The van der Waals surface area contributed by atoms with E-state index in [1.807, 2.05) is 13.8 Å². The standard InChI is InChI=1S/C18H15F2NO5S.C2H6/c1-27-8-15(21-9-22)18(25)26-16-5-2-10(6-13(16)17(23)24)12-4-3-11(19)7-14(12)20;1-2/h2-7,9,15H,8H2,1H3,(H,21,22)(H,23,24);1-2H3. The van der Waals surface area contributed by atoms with E-state index in [1.165, 1.54) is 30.0 Å². The fourth-order valence-electron chi connectivity index (χ4n) is 2.29. The minimum absolute atomic E-state index is 0.000317. The number of ether oxygens (including phenoxy) is 1. The second-order valence-corrected chi connectivity index (χ2v) is 6.26. The number of amides is 1. The summed E-state index contributed by atoms with van der Waals surface area (Å²) in [6.45, 7) is 4.00. The highest BCUT2D eigenvalue weighted by molar-refractivity contribution is 7.98. The van der Waals surface area contributed by atoms with E-state index in [4.69, 9.17) is 4.74 Å². The molecule has 2 N–H and O–H groups in total. The first-order valence-electron chi connectivity index (χ1n) is 8.60. The molecule has 0 heterocycles. The Balaban J connectivity index is 0.00000204. The SMILES string of the molecule is CC.CSCC(NC=O)C(=O)Oc1ccc(-c2ccc(F)cc2F)cc1C(=O)O. The summed E-state index contributed by atoms with van der Waals surface area (Å²) < 4.78 is 32.1. The van der Waals surface area contributed by atoms with E-state index in [2.05, 4.69) is 5.32 Å². The Morgan fingerprint density at radius 3 is 2.45 bits per heavy atom. The highest BCUT2D eigenvalue weighted by atomic mass is 32.2. The van der Waals surface area contributed by atoms with Crippen LogP contribution in [0, 0.1) is 11.6 Å². The molecule has 0 aromatic heterocycles. The molecule has 0 fully saturated rings. The number of nitrogens with one attached hydrogen (secondary N) is 1. The first kappa shape index (κ1) is 24.1. The van der Waals surface area contributed by atoms with Crippen molar-refractivity contribution >= 4 is 30.1 Å². The molecule has 0 aliphatic rings. The number of hydrogen-bond acceptors (Lipinski definition) is 5. The van der Waals surface area contributed by atoms with Gasteiger partial charge in [0.15, 0.2) is 0 Å². The summed E-state index contributed by atoms with van der Waals surface area (Å²) >= 11 is 1.29. The van der Waals surface area contributed by atoms with Crippen molar-refractivity contribution in [2.45, 2.75) is 19.9 Å². The van der Waals surface area contributed by atoms with Crippen LogP contribution in [-0.2, 0) is 9.59 Å². The summed E-state index contributed by atoms with van der Waals surface area (Å²) in [5.41, 5.74) is -0.199. The molecule has 6 nitrogen and oxygen atoms in total. The number of benzene rings is 2. The van der Waals surface area contributed by atoms with E-state index in [0.717, 1.165) is 12.1 Å². The summed E-state index contributed by atoms with van der Waals surface area (Å²) in [5.74, 6) is -3.86. The molecule has 0 aliphatic heterocycles. The largest absolute Gasteiger partial charge is 0.478 e. The van der Waals surface area contributed by atoms with E-state index in [0.29, 0.717) is 12.5 Å². The number of hydrogen-bond donors (Lipinski definition) is 2. The first-order chi connectivity index (χ1) is 13.9. The lowest BCUT2D eigenvalue weighted by Gasteiger charge is -2.15. The van der Waals surface area contributed by atoms with Crippen molar-refractivity contribution in [1.29, 1.82) is 0 Å². The van der Waals surface area contributed by atoms with Gasteiger partial charge in [0.05, 0.1) is 0 Å². The van der Waals surface area contributed by atoms with Crippen LogP contribution < -0.4 is 10.1 Å². The lowest BCUT2D eigenvalue weighted by atomic mass is 10.0. The van der Waals surface area contributed by atoms with Gasteiger partial charge in [0.2, 0.25) is 6.41 Å². The van der Waals surface area contributed by atoms with Crippen LogP contribution in [0.5, 0.6) is 5.75 Å². The van der Waals surface area contributed by atoms with Crippen molar-refractivity contribution in [3.63, 3.8) is 0 Å². The topological polar surface area (TPSA) is 92.7 Å². The summed E-state index contributed by atoms with van der Waals surface area (Å²) in [4.78, 5) is 34.3. The average Bonchev–Trinajstić information content (AvgIpc) is 2.69. The third-order valence-corrected chi connectivity index (χ3v) is 4.22. The van der Waals surface area contributed by atoms with Crippen molar-refractivity contribution in [2.75, 3.05) is 12.0 Å². The third-order valence-electron chi connectivity index (χ3n) is 3.55. The van der Waals surface area contributed by atoms with E-state index < -0.39 is 29.6 Å². The van der Waals surface area contributed by atoms with Gasteiger partial charge in [0, 0.05) is 17.4 Å². The molecule has 2 aromatic rings. The van der Waals surface area contributed by atoms with Crippen LogP contribution >= 0.6 is 11.8 Å². The summed E-state index contributed by atoms with van der Waals surface area (Å²) in [6, 6.07) is 5.64. The Morgan fingerprint density at radius 1 is 1.21 bits per heavy atom. The van der Waals surface area contributed by atoms with Gasteiger partial charge < -0.3 is 15.2 Å². The molecule has 0 bridgehead atoms. The van der Waals surface area contributed by atoms with Gasteiger partial charge in [-0.15, -0.1) is 0 Å². The molecule has 1 unspecified atom stereocenters. The predicted molar refractivity (Wildman–Crippen MR) is 107 cm³/mol. The molecular formula is C20H21F2NO5S. The molecule has 0 saturated heterocycles. The zero-order chi connectivity index (χ0) is 22.0. The van der Waals surface area contributed by atoms with Gasteiger partial charge in [-0.2, -0.15) is 11.8 Å². The number of aromatic carboxylic acids is 1. The number of carboxylic acids is 1. The monoisotopic (exact) mass is 425 g/mol. The van der Waals surface area contributed by atoms with Crippen LogP contribution in [0.2, 0.25) is 0 Å². The van der Waals surface area contributed by atoms with E-state index in [9.17, 15) is 28.3 Å². The summed E-state index contributed by atoms with van der Waals surface area (Å²) in [5, 5.41) is 11.7. The summed E-state index contributed by atoms with van der Waals surface area (Å²) in [7, 11) is 0. The number of esters is 1. The van der Waals surface area contributed by atoms with Gasteiger partial charge >= 0.3 is 11.9 Å². The highest BCUT2D eigenvalue weighted by Crippen LogP contribution is 2.29. The van der Waals surface area contributed by atoms with Crippen LogP contribution in [0.15, 0.2) is 36.4 Å². The van der Waals surface area contributed by atoms with Gasteiger partial charge in [0.1, 0.15) is 29.0 Å². The minimum Gasteiger partial charge on any atom is -0.478 e. The Kier molecular flexibility index (Phi) is 9.81. The van der Waals surface area contributed by atoms with Crippen LogP contribution in [0.4, 0.5) is 8.78 Å². The lowest BCUT2D eigenvalue weighted by molar-refractivity contribution is -0.137. The maximum Gasteiger partial charge on any atom is 0.339 e. The molecule has 156 valence electrons. The molecule has 0 aliphatic carbocycles. The molecule has 0 spiro atoms. The predicted octanol–water partition coefficient (Wildman–Crippen LogP) is 3.74. The fourth-order valence-corrected chi connectivity index (χ4v) is 2.86. The van der Waals surface area contributed by atoms with Crippen molar-refractivity contribution < 1.29 is 33.0 Å². The van der Waals surface area contributed by atoms with Crippen molar-refractivity contribution in [2.24, 2.45) is 0 Å². The molecule has 2 aromatic carbocycles. The van der Waals surface area contributed by atoms with E-state index in [1.54, 1.807) is 6.26 Å². The smallest absolute Gasteiger partial charge is 0.339 e. The fraction of sp³-hybridized carbons (Fsp3) is 0.250. The molecule has 29 heavy (non-hydrogen) atoms. The second-order valence-electron chi connectivity index (χ2n) is 5.35. The Bertz CT molecular complexity index is 876. The number of carbonyl (C=O) groups excluding carboxylic acids is 2. The second kappa shape index (κ2) is 11.8. The van der Waals surface area contributed by atoms with E-state index in [-0.39, 0.29) is 28.2 Å². The van der Waals surface area contributed by atoms with E-state index >= 15 is 0 Å². The molecule has 0 saturated carbocycles. The lowest BCUT2D eigenvalue weighted by Crippen LogP contribution is -2.40. The van der Waals surface area contributed by atoms with Gasteiger partial charge in [0.25, 0.3) is 0 Å². The zero-order valence-corrected chi connectivity index (χ0v) is 16.9. The maximum absolute atomic E-state index is 13.9. The summed E-state index contributed by atoms with van der Waals surface area (Å²) in [6.07, 6.45) is 2.07. The maximum atomic E-state index is 13.9. The number of carboxylic acid groups (broad SMARTS) is 1. The normalized spacial score (nSPS) is 10.9. The highest BCUT2D eigenvalue weighted by Gasteiger charge is 2.23. The number of halogens is 2. The van der Waals surface area contributed by atoms with Crippen LogP contribution in [0.25, 0.3) is 11.1 Å². The van der Waals surface area contributed by atoms with Crippen molar-refractivity contribution in [3.8, 4) is 16.9 Å². The first-order valence-corrected chi connectivity index (χ1v) is 9.99. The zero-order valence-electron chi connectivity index (χ0n) is 16.1. The Morgan fingerprint density at radius 2 is 1.90 bits per heavy atom. The van der Waals surface area contributed by atoms with Gasteiger partial charge in [-0.1, -0.05) is 19.9 Å². The molecule has 1 amide bonds.